The summed E-state index contributed by atoms with van der Waals surface area (Å²) in [5, 5.41) is 3.09. The van der Waals surface area contributed by atoms with Crippen molar-refractivity contribution in [2.24, 2.45) is 0 Å². The van der Waals surface area contributed by atoms with Gasteiger partial charge in [0.25, 0.3) is 0 Å². The molecule has 0 atom stereocenters. The molecule has 0 radical (unpaired) electrons. The molecule has 0 aliphatic rings. The van der Waals surface area contributed by atoms with Gasteiger partial charge in [-0.3, -0.25) is 4.79 Å². The predicted molar refractivity (Wildman–Crippen MR) is 112 cm³/mol. The summed E-state index contributed by atoms with van der Waals surface area (Å²) in [6, 6.07) is 5.59. The number of hydrogen-bond acceptors (Lipinski definition) is 8. The number of rotatable bonds is 8. The maximum Gasteiger partial charge on any atom is 0.243 e. The highest BCUT2D eigenvalue weighted by molar-refractivity contribution is 7.99. The summed E-state index contributed by atoms with van der Waals surface area (Å²) in [6.07, 6.45) is 0. The molecule has 1 aromatic heterocycles. The molecule has 0 aliphatic carbocycles. The first-order chi connectivity index (χ1) is 13.2. The van der Waals surface area contributed by atoms with E-state index in [-0.39, 0.29) is 38.2 Å². The minimum Gasteiger partial charge on any atom is -0.383 e. The van der Waals surface area contributed by atoms with Gasteiger partial charge in [-0.05, 0) is 18.2 Å². The van der Waals surface area contributed by atoms with Gasteiger partial charge in [-0.1, -0.05) is 37.2 Å². The van der Waals surface area contributed by atoms with Crippen LogP contribution in [0.4, 0.5) is 17.3 Å². The summed E-state index contributed by atoms with van der Waals surface area (Å²) in [6.45, 7) is 4.18. The fraction of sp³-hybridized carbons (Fsp3) is 0.312. The molecular formula is C16H21ClN6O3S2. The van der Waals surface area contributed by atoms with Crippen molar-refractivity contribution in [3.63, 3.8) is 0 Å². The fourth-order valence-electron chi connectivity index (χ4n) is 2.32. The topological polar surface area (TPSA) is 144 Å². The van der Waals surface area contributed by atoms with Crippen LogP contribution >= 0.6 is 23.4 Å². The van der Waals surface area contributed by atoms with E-state index in [1.165, 1.54) is 28.6 Å². The van der Waals surface area contributed by atoms with Crippen LogP contribution in [0.25, 0.3) is 0 Å². The molecule has 2 rings (SSSR count). The highest BCUT2D eigenvalue weighted by atomic mass is 35.5. The first-order valence-corrected chi connectivity index (χ1v) is 11.1. The molecule has 152 valence electrons. The summed E-state index contributed by atoms with van der Waals surface area (Å²) >= 11 is 7.15. The molecule has 2 aromatic rings. The van der Waals surface area contributed by atoms with E-state index in [4.69, 9.17) is 23.1 Å². The van der Waals surface area contributed by atoms with Crippen molar-refractivity contribution >= 4 is 56.6 Å². The van der Waals surface area contributed by atoms with Crippen molar-refractivity contribution in [2.45, 2.75) is 23.9 Å². The van der Waals surface area contributed by atoms with Gasteiger partial charge in [-0.15, -0.1) is 0 Å². The van der Waals surface area contributed by atoms with Gasteiger partial charge < -0.3 is 16.8 Å². The zero-order chi connectivity index (χ0) is 20.9. The third kappa shape index (κ3) is 5.47. The molecule has 1 amide bonds. The van der Waals surface area contributed by atoms with Crippen LogP contribution in [-0.2, 0) is 14.8 Å². The Labute approximate surface area is 172 Å². The van der Waals surface area contributed by atoms with Gasteiger partial charge in [0.05, 0.1) is 21.4 Å². The molecule has 0 unspecified atom stereocenters. The van der Waals surface area contributed by atoms with Crippen LogP contribution in [0.3, 0.4) is 0 Å². The molecule has 1 aromatic carbocycles. The monoisotopic (exact) mass is 444 g/mol. The van der Waals surface area contributed by atoms with Crippen molar-refractivity contribution in [3.8, 4) is 0 Å². The van der Waals surface area contributed by atoms with Gasteiger partial charge in [0.15, 0.2) is 5.16 Å². The Balaban J connectivity index is 2.14. The zero-order valence-electron chi connectivity index (χ0n) is 15.3. The fourth-order valence-corrected chi connectivity index (χ4v) is 4.64. The molecule has 0 saturated carbocycles. The Bertz CT molecular complexity index is 947. The normalized spacial score (nSPS) is 11.6. The third-order valence-electron chi connectivity index (χ3n) is 3.63. The van der Waals surface area contributed by atoms with E-state index in [9.17, 15) is 13.2 Å². The zero-order valence-corrected chi connectivity index (χ0v) is 17.7. The number of nitrogens with one attached hydrogen (secondary N) is 1. The smallest absolute Gasteiger partial charge is 0.243 e. The number of nitrogens with zero attached hydrogens (tertiary/aromatic N) is 3. The van der Waals surface area contributed by atoms with E-state index < -0.39 is 15.9 Å². The molecule has 28 heavy (non-hydrogen) atoms. The number of sulfonamides is 1. The maximum atomic E-state index is 12.6. The van der Waals surface area contributed by atoms with Crippen molar-refractivity contribution in [1.82, 2.24) is 14.3 Å². The Morgan fingerprint density at radius 2 is 1.79 bits per heavy atom. The molecule has 0 saturated heterocycles. The number of nitrogen functional groups attached to an aromatic ring is 2. The lowest BCUT2D eigenvalue weighted by molar-refractivity contribution is -0.113. The molecule has 0 bridgehead atoms. The van der Waals surface area contributed by atoms with Crippen LogP contribution in [0.15, 0.2) is 34.3 Å². The molecular weight excluding hydrogens is 424 g/mol. The van der Waals surface area contributed by atoms with E-state index in [2.05, 4.69) is 15.3 Å². The van der Waals surface area contributed by atoms with Crippen LogP contribution in [0.1, 0.15) is 13.8 Å². The van der Waals surface area contributed by atoms with Crippen molar-refractivity contribution in [2.75, 3.05) is 35.6 Å². The summed E-state index contributed by atoms with van der Waals surface area (Å²) < 4.78 is 26.6. The van der Waals surface area contributed by atoms with Crippen molar-refractivity contribution in [3.05, 3.63) is 29.3 Å². The Hall–Kier alpha value is -2.08. The Morgan fingerprint density at radius 1 is 1.18 bits per heavy atom. The quantitative estimate of drug-likeness (QED) is 0.414. The van der Waals surface area contributed by atoms with E-state index in [1.54, 1.807) is 13.8 Å². The molecule has 1 heterocycles. The van der Waals surface area contributed by atoms with E-state index >= 15 is 0 Å². The van der Waals surface area contributed by atoms with Crippen LogP contribution in [0.2, 0.25) is 5.02 Å². The number of benzene rings is 1. The largest absolute Gasteiger partial charge is 0.383 e. The molecule has 9 nitrogen and oxygen atoms in total. The van der Waals surface area contributed by atoms with E-state index in [0.717, 1.165) is 11.8 Å². The standard InChI is InChI=1S/C16H21ClN6O3S2/c1-3-23(4-2)28(25,26)10-5-6-11(17)12(7-10)20-15(24)9-27-16-21-13(18)8-14(19)22-16/h5-8H,3-4,9H2,1-2H3,(H,20,24)(H4,18,19,21,22). The number of nitrogens with two attached hydrogens (primary N) is 2. The third-order valence-corrected chi connectivity index (χ3v) is 6.86. The first-order valence-electron chi connectivity index (χ1n) is 8.29. The number of amides is 1. The summed E-state index contributed by atoms with van der Waals surface area (Å²) in [4.78, 5) is 20.2. The number of hydrogen-bond donors (Lipinski definition) is 3. The lowest BCUT2D eigenvalue weighted by atomic mass is 10.3. The van der Waals surface area contributed by atoms with Crippen LogP contribution in [-0.4, -0.2) is 47.4 Å². The highest BCUT2D eigenvalue weighted by Crippen LogP contribution is 2.27. The Kier molecular flexibility index (Phi) is 7.47. The van der Waals surface area contributed by atoms with E-state index in [1.807, 2.05) is 0 Å². The Morgan fingerprint density at radius 3 is 2.36 bits per heavy atom. The number of aromatic nitrogens is 2. The molecule has 0 spiro atoms. The van der Waals surface area contributed by atoms with Crippen LogP contribution < -0.4 is 16.8 Å². The number of thioether (sulfide) groups is 1. The van der Waals surface area contributed by atoms with Gasteiger partial charge in [-0.2, -0.15) is 4.31 Å². The lowest BCUT2D eigenvalue weighted by Crippen LogP contribution is -2.30. The summed E-state index contributed by atoms with van der Waals surface area (Å²) in [5.74, 6) is -0.0406. The summed E-state index contributed by atoms with van der Waals surface area (Å²) in [5.41, 5.74) is 11.4. The number of carbonyl (C=O) groups is 1. The lowest BCUT2D eigenvalue weighted by Gasteiger charge is -2.19. The van der Waals surface area contributed by atoms with Crippen LogP contribution in [0.5, 0.6) is 0 Å². The van der Waals surface area contributed by atoms with Gasteiger partial charge in [0, 0.05) is 19.2 Å². The van der Waals surface area contributed by atoms with Gasteiger partial charge in [0.1, 0.15) is 11.6 Å². The first kappa shape index (κ1) is 22.2. The van der Waals surface area contributed by atoms with Gasteiger partial charge >= 0.3 is 0 Å². The number of anilines is 3. The minimum atomic E-state index is -3.67. The highest BCUT2D eigenvalue weighted by Gasteiger charge is 2.22. The molecule has 5 N–H and O–H groups in total. The number of halogens is 1. The SMILES string of the molecule is CCN(CC)S(=O)(=O)c1ccc(Cl)c(NC(=O)CSc2nc(N)cc(N)n2)c1. The number of carbonyl (C=O) groups excluding carboxylic acids is 1. The maximum absolute atomic E-state index is 12.6. The molecule has 0 aliphatic heterocycles. The van der Waals surface area contributed by atoms with E-state index in [0.29, 0.717) is 13.1 Å². The summed E-state index contributed by atoms with van der Waals surface area (Å²) in [7, 11) is -3.67. The average molecular weight is 445 g/mol. The molecule has 0 fully saturated rings. The average Bonchev–Trinajstić information content (AvgIpc) is 2.61. The molecule has 12 heteroatoms. The van der Waals surface area contributed by atoms with Crippen molar-refractivity contribution in [1.29, 1.82) is 0 Å². The van der Waals surface area contributed by atoms with Crippen molar-refractivity contribution < 1.29 is 13.2 Å². The van der Waals surface area contributed by atoms with Gasteiger partial charge in [-0.25, -0.2) is 18.4 Å². The second-order valence-electron chi connectivity index (χ2n) is 5.57. The second kappa shape index (κ2) is 9.41. The van der Waals surface area contributed by atoms with Crippen LogP contribution in [0, 0.1) is 0 Å². The second-order valence-corrected chi connectivity index (χ2v) is 8.86. The van der Waals surface area contributed by atoms with Gasteiger partial charge in [0.2, 0.25) is 15.9 Å². The minimum absolute atomic E-state index is 0.0355. The predicted octanol–water partition coefficient (Wildman–Crippen LogP) is 2.06.